The maximum absolute atomic E-state index is 11.2. The van der Waals surface area contributed by atoms with Crippen molar-refractivity contribution in [1.82, 2.24) is 4.68 Å². The smallest absolute Gasteiger partial charge is 0.330 e. The second-order valence-electron chi connectivity index (χ2n) is 2.83. The number of aromatic hydroxyl groups is 1. The van der Waals surface area contributed by atoms with E-state index >= 15 is 0 Å². The molecule has 0 saturated heterocycles. The van der Waals surface area contributed by atoms with E-state index in [1.54, 1.807) is 0 Å². The van der Waals surface area contributed by atoms with Crippen LogP contribution in [0.3, 0.4) is 0 Å². The molecule has 5 heteroatoms. The van der Waals surface area contributed by atoms with Gasteiger partial charge in [0.2, 0.25) is 5.88 Å². The van der Waals surface area contributed by atoms with E-state index in [0.717, 1.165) is 21.6 Å². The van der Waals surface area contributed by atoms with Gasteiger partial charge in [-0.25, -0.2) is 0 Å². The minimum Gasteiger partial charge on any atom is -0.493 e. The number of nitrogens with zero attached hydrogens (tertiary/aromatic N) is 2. The molecular formula is C10H8N2O2S. The summed E-state index contributed by atoms with van der Waals surface area (Å²) >= 11 is 0.910. The van der Waals surface area contributed by atoms with Crippen LogP contribution in [0.5, 0.6) is 5.88 Å². The Kier molecular flexibility index (Phi) is 2.64. The summed E-state index contributed by atoms with van der Waals surface area (Å²) in [5, 5.41) is 14.5. The van der Waals surface area contributed by atoms with Crippen molar-refractivity contribution in [2.75, 3.05) is 0 Å². The first-order valence-electron chi connectivity index (χ1n) is 4.26. The van der Waals surface area contributed by atoms with Crippen molar-refractivity contribution in [3.8, 4) is 5.88 Å². The van der Waals surface area contributed by atoms with Gasteiger partial charge in [-0.05, 0) is 5.56 Å². The molecule has 1 aromatic carbocycles. The fourth-order valence-corrected chi connectivity index (χ4v) is 1.61. The molecule has 1 N–H and O–H groups in total. The second kappa shape index (κ2) is 4.10. The predicted octanol–water partition coefficient (Wildman–Crippen LogP) is 1.50. The summed E-state index contributed by atoms with van der Waals surface area (Å²) < 4.78 is 0.956. The van der Waals surface area contributed by atoms with E-state index < -0.39 is 0 Å². The molecule has 0 aliphatic carbocycles. The van der Waals surface area contributed by atoms with E-state index in [1.807, 2.05) is 30.3 Å². The predicted molar refractivity (Wildman–Crippen MR) is 59.7 cm³/mol. The van der Waals surface area contributed by atoms with Gasteiger partial charge in [-0.3, -0.25) is 4.79 Å². The topological polar surface area (TPSA) is 54.6 Å². The Morgan fingerprint density at radius 2 is 2.07 bits per heavy atom. The van der Waals surface area contributed by atoms with E-state index in [9.17, 15) is 9.90 Å². The minimum absolute atomic E-state index is 0.141. The Hall–Kier alpha value is -1.88. The fourth-order valence-electron chi connectivity index (χ4n) is 1.07. The normalized spacial score (nSPS) is 10.9. The van der Waals surface area contributed by atoms with Crippen LogP contribution in [0.4, 0.5) is 0 Å². The van der Waals surface area contributed by atoms with Crippen molar-refractivity contribution >= 4 is 17.6 Å². The van der Waals surface area contributed by atoms with Gasteiger partial charge in [0.25, 0.3) is 0 Å². The SMILES string of the molecule is O=c1scc(O)n1N=Cc1ccccc1. The van der Waals surface area contributed by atoms with Crippen LogP contribution < -0.4 is 4.87 Å². The van der Waals surface area contributed by atoms with Crippen LogP contribution >= 0.6 is 11.3 Å². The van der Waals surface area contributed by atoms with Gasteiger partial charge in [0, 0.05) is 0 Å². The summed E-state index contributed by atoms with van der Waals surface area (Å²) in [6.45, 7) is 0. The van der Waals surface area contributed by atoms with Crippen molar-refractivity contribution in [3.05, 3.63) is 50.9 Å². The van der Waals surface area contributed by atoms with Crippen molar-refractivity contribution in [3.63, 3.8) is 0 Å². The molecule has 0 aliphatic heterocycles. The van der Waals surface area contributed by atoms with Crippen molar-refractivity contribution in [1.29, 1.82) is 0 Å². The molecule has 4 nitrogen and oxygen atoms in total. The maximum Gasteiger partial charge on any atom is 0.330 e. The van der Waals surface area contributed by atoms with Crippen molar-refractivity contribution in [2.24, 2.45) is 5.10 Å². The van der Waals surface area contributed by atoms with E-state index in [4.69, 9.17) is 0 Å². The van der Waals surface area contributed by atoms with E-state index in [2.05, 4.69) is 5.10 Å². The summed E-state index contributed by atoms with van der Waals surface area (Å²) in [5.74, 6) is -0.141. The molecule has 0 fully saturated rings. The molecule has 2 rings (SSSR count). The lowest BCUT2D eigenvalue weighted by Crippen LogP contribution is -2.07. The van der Waals surface area contributed by atoms with Crippen LogP contribution in [0.2, 0.25) is 0 Å². The van der Waals surface area contributed by atoms with Gasteiger partial charge >= 0.3 is 4.87 Å². The molecule has 0 aliphatic rings. The molecule has 76 valence electrons. The average molecular weight is 220 g/mol. The zero-order chi connectivity index (χ0) is 10.7. The number of rotatable bonds is 2. The molecule has 0 unspecified atom stereocenters. The van der Waals surface area contributed by atoms with E-state index in [0.29, 0.717) is 0 Å². The van der Waals surface area contributed by atoms with Crippen molar-refractivity contribution < 1.29 is 5.11 Å². The Bertz CT molecular complexity index is 528. The highest BCUT2D eigenvalue weighted by molar-refractivity contribution is 7.07. The van der Waals surface area contributed by atoms with Gasteiger partial charge in [-0.1, -0.05) is 41.7 Å². The van der Waals surface area contributed by atoms with Gasteiger partial charge in [0.1, 0.15) is 0 Å². The van der Waals surface area contributed by atoms with Crippen LogP contribution in [0.15, 0.2) is 45.6 Å². The molecule has 0 atom stereocenters. The molecule has 1 aromatic heterocycles. The van der Waals surface area contributed by atoms with E-state index in [1.165, 1.54) is 11.6 Å². The van der Waals surface area contributed by atoms with Crippen LogP contribution in [0, 0.1) is 0 Å². The lowest BCUT2D eigenvalue weighted by atomic mass is 10.2. The molecule has 0 spiro atoms. The quantitative estimate of drug-likeness (QED) is 0.780. The van der Waals surface area contributed by atoms with Gasteiger partial charge in [-0.2, -0.15) is 9.78 Å². The molecule has 1 heterocycles. The molecule has 0 saturated carbocycles. The monoisotopic (exact) mass is 220 g/mol. The number of hydrogen-bond donors (Lipinski definition) is 1. The highest BCUT2D eigenvalue weighted by Crippen LogP contribution is 2.08. The first-order valence-corrected chi connectivity index (χ1v) is 5.14. The summed E-state index contributed by atoms with van der Waals surface area (Å²) in [5.41, 5.74) is 0.870. The summed E-state index contributed by atoms with van der Waals surface area (Å²) in [7, 11) is 0. The Labute approximate surface area is 89.7 Å². The zero-order valence-electron chi connectivity index (χ0n) is 7.70. The number of aromatic nitrogens is 1. The van der Waals surface area contributed by atoms with Gasteiger partial charge in [0.05, 0.1) is 11.6 Å². The fraction of sp³-hybridized carbons (Fsp3) is 0. The number of benzene rings is 1. The van der Waals surface area contributed by atoms with Crippen LogP contribution in [0.25, 0.3) is 0 Å². The zero-order valence-corrected chi connectivity index (χ0v) is 8.52. The Morgan fingerprint density at radius 1 is 1.33 bits per heavy atom. The highest BCUT2D eigenvalue weighted by Gasteiger charge is 2.01. The van der Waals surface area contributed by atoms with E-state index in [-0.39, 0.29) is 10.8 Å². The first kappa shape index (κ1) is 9.67. The highest BCUT2D eigenvalue weighted by atomic mass is 32.1. The third kappa shape index (κ3) is 2.13. The molecular weight excluding hydrogens is 212 g/mol. The lowest BCUT2D eigenvalue weighted by Gasteiger charge is -1.93. The number of thiazole rings is 1. The second-order valence-corrected chi connectivity index (χ2v) is 3.65. The third-order valence-electron chi connectivity index (χ3n) is 1.78. The summed E-state index contributed by atoms with van der Waals surface area (Å²) in [4.78, 5) is 10.9. The maximum atomic E-state index is 11.2. The largest absolute Gasteiger partial charge is 0.493 e. The minimum atomic E-state index is -0.306. The first-order chi connectivity index (χ1) is 7.27. The van der Waals surface area contributed by atoms with Crippen LogP contribution in [0.1, 0.15) is 5.56 Å². The summed E-state index contributed by atoms with van der Waals surface area (Å²) in [6, 6.07) is 9.36. The summed E-state index contributed by atoms with van der Waals surface area (Å²) in [6.07, 6.45) is 1.52. The van der Waals surface area contributed by atoms with Gasteiger partial charge < -0.3 is 5.11 Å². The molecule has 0 bridgehead atoms. The molecule has 0 amide bonds. The van der Waals surface area contributed by atoms with Gasteiger partial charge in [-0.15, -0.1) is 0 Å². The van der Waals surface area contributed by atoms with Gasteiger partial charge in [0.15, 0.2) is 0 Å². The molecule has 15 heavy (non-hydrogen) atoms. The van der Waals surface area contributed by atoms with Crippen LogP contribution in [-0.2, 0) is 0 Å². The molecule has 0 radical (unpaired) electrons. The Balaban J connectivity index is 2.30. The number of hydrogen-bond acceptors (Lipinski definition) is 4. The Morgan fingerprint density at radius 3 is 2.67 bits per heavy atom. The average Bonchev–Trinajstić information content (AvgIpc) is 2.58. The standard InChI is InChI=1S/C10H8N2O2S/c13-9-7-15-10(14)12(9)11-6-8-4-2-1-3-5-8/h1-7,13H. The van der Waals surface area contributed by atoms with Crippen molar-refractivity contribution in [2.45, 2.75) is 0 Å². The van der Waals surface area contributed by atoms with Crippen LogP contribution in [-0.4, -0.2) is 16.0 Å². The molecule has 2 aromatic rings. The third-order valence-corrected chi connectivity index (χ3v) is 2.48. The lowest BCUT2D eigenvalue weighted by molar-refractivity contribution is 0.427.